The fourth-order valence-corrected chi connectivity index (χ4v) is 5.99. The fraction of sp³-hybridized carbons (Fsp3) is 0.120. The lowest BCUT2D eigenvalue weighted by Gasteiger charge is -2.17. The molecular formula is C25H21N3O3S2. The van der Waals surface area contributed by atoms with Gasteiger partial charge in [0, 0.05) is 18.0 Å². The van der Waals surface area contributed by atoms with Gasteiger partial charge in [0.2, 0.25) is 0 Å². The van der Waals surface area contributed by atoms with E-state index in [1.807, 2.05) is 61.3 Å². The molecule has 1 amide bonds. The molecule has 0 aromatic heterocycles. The predicted molar refractivity (Wildman–Crippen MR) is 136 cm³/mol. The zero-order valence-corrected chi connectivity index (χ0v) is 19.9. The predicted octanol–water partition coefficient (Wildman–Crippen LogP) is 5.89. The number of nitrogens with zero attached hydrogens (tertiary/aromatic N) is 3. The molecule has 2 heterocycles. The minimum Gasteiger partial charge on any atom is -0.508 e. The Labute approximate surface area is 200 Å². The van der Waals surface area contributed by atoms with Crippen molar-refractivity contribution in [1.29, 1.82) is 0 Å². The Bertz CT molecular complexity index is 1320. The Morgan fingerprint density at radius 3 is 2.52 bits per heavy atom. The second kappa shape index (κ2) is 8.53. The molecule has 3 aromatic carbocycles. The third-order valence-corrected chi connectivity index (χ3v) is 7.74. The summed E-state index contributed by atoms with van der Waals surface area (Å²) in [5, 5.41) is 11.2. The molecular weight excluding hydrogens is 454 g/mol. The number of methoxy groups -OCH3 is 1. The van der Waals surface area contributed by atoms with Gasteiger partial charge in [-0.3, -0.25) is 9.69 Å². The van der Waals surface area contributed by atoms with Gasteiger partial charge in [0.1, 0.15) is 16.4 Å². The summed E-state index contributed by atoms with van der Waals surface area (Å²) in [4.78, 5) is 23.8. The number of phenolic OH excluding ortho intramolecular Hbond substituents is 1. The highest BCUT2D eigenvalue weighted by molar-refractivity contribution is 8.20. The summed E-state index contributed by atoms with van der Waals surface area (Å²) >= 11 is 2.92. The quantitative estimate of drug-likeness (QED) is 0.477. The SMILES string of the molecule is COc1ccc2c(c1)N(C)C(=C1SC(=Nc3cccc(C)c3)N(c3ccc(O)cc3)C1=O)S2. The molecule has 0 atom stereocenters. The molecule has 33 heavy (non-hydrogen) atoms. The first-order chi connectivity index (χ1) is 15.9. The highest BCUT2D eigenvalue weighted by Crippen LogP contribution is 2.51. The Hall–Kier alpha value is -3.36. The van der Waals surface area contributed by atoms with E-state index in [2.05, 4.69) is 0 Å². The van der Waals surface area contributed by atoms with Crippen molar-refractivity contribution >= 4 is 51.7 Å². The van der Waals surface area contributed by atoms with Crippen LogP contribution in [0.1, 0.15) is 5.56 Å². The van der Waals surface area contributed by atoms with Gasteiger partial charge in [0.05, 0.1) is 29.2 Å². The van der Waals surface area contributed by atoms with Crippen LogP contribution >= 0.6 is 23.5 Å². The number of fused-ring (bicyclic) bond motifs is 1. The summed E-state index contributed by atoms with van der Waals surface area (Å²) in [6.07, 6.45) is 0. The molecule has 166 valence electrons. The number of amidine groups is 1. The number of carbonyl (C=O) groups is 1. The van der Waals surface area contributed by atoms with E-state index in [0.29, 0.717) is 15.8 Å². The zero-order valence-electron chi connectivity index (χ0n) is 18.3. The van der Waals surface area contributed by atoms with Gasteiger partial charge >= 0.3 is 0 Å². The number of benzene rings is 3. The van der Waals surface area contributed by atoms with Crippen molar-refractivity contribution in [3.8, 4) is 11.5 Å². The van der Waals surface area contributed by atoms with Crippen molar-refractivity contribution in [3.63, 3.8) is 0 Å². The van der Waals surface area contributed by atoms with E-state index in [-0.39, 0.29) is 11.7 Å². The minimum absolute atomic E-state index is 0.143. The Morgan fingerprint density at radius 2 is 1.79 bits per heavy atom. The molecule has 8 heteroatoms. The van der Waals surface area contributed by atoms with Gasteiger partial charge in [-0.2, -0.15) is 0 Å². The molecule has 5 rings (SSSR count). The molecule has 6 nitrogen and oxygen atoms in total. The molecule has 1 N–H and O–H groups in total. The highest BCUT2D eigenvalue weighted by atomic mass is 32.2. The van der Waals surface area contributed by atoms with Crippen molar-refractivity contribution in [3.05, 3.63) is 82.2 Å². The monoisotopic (exact) mass is 475 g/mol. The lowest BCUT2D eigenvalue weighted by molar-refractivity contribution is -0.113. The molecule has 0 saturated carbocycles. The van der Waals surface area contributed by atoms with Gasteiger partial charge in [-0.1, -0.05) is 23.9 Å². The molecule has 1 saturated heterocycles. The van der Waals surface area contributed by atoms with E-state index >= 15 is 0 Å². The van der Waals surface area contributed by atoms with Crippen molar-refractivity contribution in [2.45, 2.75) is 11.8 Å². The molecule has 2 aliphatic heterocycles. The Morgan fingerprint density at radius 1 is 1.00 bits per heavy atom. The van der Waals surface area contributed by atoms with Crippen LogP contribution in [0.5, 0.6) is 11.5 Å². The molecule has 0 aliphatic carbocycles. The van der Waals surface area contributed by atoms with E-state index in [1.165, 1.54) is 11.8 Å². The van der Waals surface area contributed by atoms with Crippen LogP contribution in [-0.2, 0) is 4.79 Å². The van der Waals surface area contributed by atoms with Gasteiger partial charge in [-0.05, 0) is 72.8 Å². The maximum Gasteiger partial charge on any atom is 0.274 e. The lowest BCUT2D eigenvalue weighted by Crippen LogP contribution is -2.29. The maximum atomic E-state index is 13.7. The average Bonchev–Trinajstić information content (AvgIpc) is 3.30. The average molecular weight is 476 g/mol. The van der Waals surface area contributed by atoms with Crippen LogP contribution in [0.4, 0.5) is 17.1 Å². The summed E-state index contributed by atoms with van der Waals surface area (Å²) in [5.74, 6) is 0.765. The Kier molecular flexibility index (Phi) is 5.55. The molecule has 0 radical (unpaired) electrons. The highest BCUT2D eigenvalue weighted by Gasteiger charge is 2.40. The molecule has 0 spiro atoms. The van der Waals surface area contributed by atoms with Gasteiger partial charge < -0.3 is 14.7 Å². The summed E-state index contributed by atoms with van der Waals surface area (Å²) in [7, 11) is 3.60. The third kappa shape index (κ3) is 3.96. The Balaban J connectivity index is 1.60. The first-order valence-electron chi connectivity index (χ1n) is 10.2. The van der Waals surface area contributed by atoms with Crippen LogP contribution in [0.3, 0.4) is 0 Å². The molecule has 3 aromatic rings. The second-order valence-corrected chi connectivity index (χ2v) is 9.63. The number of carbonyl (C=O) groups excluding carboxylic acids is 1. The van der Waals surface area contributed by atoms with Crippen molar-refractivity contribution in [2.24, 2.45) is 4.99 Å². The number of anilines is 2. The van der Waals surface area contributed by atoms with Crippen molar-refractivity contribution in [2.75, 3.05) is 24.0 Å². The van der Waals surface area contributed by atoms with Gasteiger partial charge in [-0.25, -0.2) is 4.99 Å². The lowest BCUT2D eigenvalue weighted by atomic mass is 10.2. The maximum absolute atomic E-state index is 13.7. The largest absolute Gasteiger partial charge is 0.508 e. The van der Waals surface area contributed by atoms with Gasteiger partial charge in [-0.15, -0.1) is 0 Å². The molecule has 1 fully saturated rings. The van der Waals surface area contributed by atoms with Crippen LogP contribution in [0.2, 0.25) is 0 Å². The third-order valence-electron chi connectivity index (χ3n) is 5.35. The number of hydrogen-bond donors (Lipinski definition) is 1. The number of phenols is 1. The summed E-state index contributed by atoms with van der Waals surface area (Å²) in [5.41, 5.74) is 3.52. The molecule has 2 aliphatic rings. The summed E-state index contributed by atoms with van der Waals surface area (Å²) in [6, 6.07) is 20.3. The number of hydrogen-bond acceptors (Lipinski definition) is 7. The van der Waals surface area contributed by atoms with Crippen LogP contribution in [-0.4, -0.2) is 30.3 Å². The number of thioether (sulfide) groups is 2. The van der Waals surface area contributed by atoms with E-state index in [1.54, 1.807) is 48.0 Å². The number of aryl methyl sites for hydroxylation is 1. The molecule has 0 bridgehead atoms. The van der Waals surface area contributed by atoms with E-state index < -0.39 is 0 Å². The van der Waals surface area contributed by atoms with Gasteiger partial charge in [0.25, 0.3) is 5.91 Å². The standard InChI is InChI=1S/C25H21N3O3S2/c1-15-5-4-6-16(13-15)26-25-28(17-7-9-18(29)10-8-17)23(30)22(33-25)24-27(2)20-14-19(31-3)11-12-21(20)32-24/h4-14,29H,1-3H3. The van der Waals surface area contributed by atoms with Crippen LogP contribution in [0.15, 0.2) is 86.6 Å². The van der Waals surface area contributed by atoms with Crippen LogP contribution in [0.25, 0.3) is 0 Å². The number of ether oxygens (including phenoxy) is 1. The number of aliphatic imine (C=N–C) groups is 1. The topological polar surface area (TPSA) is 65.4 Å². The first-order valence-corrected chi connectivity index (χ1v) is 11.9. The molecule has 0 unspecified atom stereocenters. The fourth-order valence-electron chi connectivity index (χ4n) is 3.67. The van der Waals surface area contributed by atoms with E-state index in [4.69, 9.17) is 9.73 Å². The van der Waals surface area contributed by atoms with Gasteiger partial charge in [0.15, 0.2) is 5.17 Å². The zero-order chi connectivity index (χ0) is 23.1. The number of rotatable bonds is 3. The van der Waals surface area contributed by atoms with Crippen molar-refractivity contribution in [1.82, 2.24) is 0 Å². The van der Waals surface area contributed by atoms with Crippen LogP contribution in [0, 0.1) is 6.92 Å². The normalized spacial score (nSPS) is 18.9. The first kappa shape index (κ1) is 21.5. The van der Waals surface area contributed by atoms with Crippen molar-refractivity contribution < 1.29 is 14.6 Å². The minimum atomic E-state index is -0.147. The van der Waals surface area contributed by atoms with Crippen LogP contribution < -0.4 is 14.5 Å². The number of amides is 1. The van der Waals surface area contributed by atoms with E-state index in [9.17, 15) is 9.90 Å². The smallest absolute Gasteiger partial charge is 0.274 e. The summed E-state index contributed by atoms with van der Waals surface area (Å²) in [6.45, 7) is 2.01. The summed E-state index contributed by atoms with van der Waals surface area (Å²) < 4.78 is 5.38. The number of aromatic hydroxyl groups is 1. The second-order valence-electron chi connectivity index (χ2n) is 7.62. The van der Waals surface area contributed by atoms with E-state index in [0.717, 1.165) is 32.6 Å².